The van der Waals surface area contributed by atoms with E-state index < -0.39 is 5.82 Å². The van der Waals surface area contributed by atoms with Crippen molar-refractivity contribution in [1.29, 1.82) is 0 Å². The Morgan fingerprint density at radius 2 is 2.28 bits per heavy atom. The van der Waals surface area contributed by atoms with Gasteiger partial charge in [0.05, 0.1) is 0 Å². The molecule has 1 N–H and O–H groups in total. The monoisotopic (exact) mass is 263 g/mol. The minimum Gasteiger partial charge on any atom is -0.297 e. The number of hydrogen-bond donors (Lipinski definition) is 1. The van der Waals surface area contributed by atoms with Crippen LogP contribution >= 0.6 is 11.5 Å². The van der Waals surface area contributed by atoms with Gasteiger partial charge in [-0.25, -0.2) is 9.37 Å². The number of nitrogens with one attached hydrogen (secondary N) is 1. The van der Waals surface area contributed by atoms with Gasteiger partial charge in [0.25, 0.3) is 5.91 Å². The highest BCUT2D eigenvalue weighted by atomic mass is 32.1. The Kier molecular flexibility index (Phi) is 2.79. The number of nitrogens with zero attached hydrogens (tertiary/aromatic N) is 2. The summed E-state index contributed by atoms with van der Waals surface area (Å²) in [5.41, 5.74) is 1.31. The van der Waals surface area contributed by atoms with Gasteiger partial charge in [0.15, 0.2) is 0 Å². The van der Waals surface area contributed by atoms with Gasteiger partial charge in [-0.05, 0) is 36.5 Å². The van der Waals surface area contributed by atoms with Crippen molar-refractivity contribution >= 4 is 22.6 Å². The van der Waals surface area contributed by atoms with E-state index in [-0.39, 0.29) is 5.91 Å². The Morgan fingerprint density at radius 1 is 1.44 bits per heavy atom. The molecular formula is C12H10FN3OS. The molecule has 1 fully saturated rings. The number of rotatable bonds is 3. The first kappa shape index (κ1) is 11.3. The molecule has 0 aliphatic heterocycles. The first-order valence-electron chi connectivity index (χ1n) is 5.61. The molecule has 4 nitrogen and oxygen atoms in total. The van der Waals surface area contributed by atoms with Crippen LogP contribution in [0.4, 0.5) is 9.52 Å². The minimum absolute atomic E-state index is 0.326. The molecule has 2 aromatic rings. The van der Waals surface area contributed by atoms with Crippen LogP contribution in [0, 0.1) is 5.82 Å². The lowest BCUT2D eigenvalue weighted by atomic mass is 10.0. The van der Waals surface area contributed by atoms with Crippen LogP contribution in [0.5, 0.6) is 0 Å². The standard InChI is InChI=1S/C12H10FN3OS/c13-8-3-4-9(7-1-2-7)10(5-8)11(17)16-12-14-6-15-18-12/h3-7H,1-2H2,(H,14,15,16,17). The summed E-state index contributed by atoms with van der Waals surface area (Å²) in [6, 6.07) is 4.38. The summed E-state index contributed by atoms with van der Waals surface area (Å²) in [6.45, 7) is 0. The second kappa shape index (κ2) is 4.45. The third-order valence-corrected chi connectivity index (χ3v) is 3.44. The zero-order chi connectivity index (χ0) is 12.5. The molecule has 0 unspecified atom stereocenters. The highest BCUT2D eigenvalue weighted by molar-refractivity contribution is 7.09. The van der Waals surface area contributed by atoms with Crippen LogP contribution < -0.4 is 5.32 Å². The van der Waals surface area contributed by atoms with Gasteiger partial charge in [0, 0.05) is 17.1 Å². The first-order valence-corrected chi connectivity index (χ1v) is 6.39. The van der Waals surface area contributed by atoms with E-state index in [4.69, 9.17) is 0 Å². The number of benzene rings is 1. The van der Waals surface area contributed by atoms with Crippen molar-refractivity contribution in [3.05, 3.63) is 41.5 Å². The zero-order valence-electron chi connectivity index (χ0n) is 9.39. The Hall–Kier alpha value is -1.82. The van der Waals surface area contributed by atoms with Gasteiger partial charge in [-0.1, -0.05) is 6.07 Å². The number of aromatic nitrogens is 2. The van der Waals surface area contributed by atoms with Gasteiger partial charge in [-0.3, -0.25) is 10.1 Å². The summed E-state index contributed by atoms with van der Waals surface area (Å²) >= 11 is 1.09. The van der Waals surface area contributed by atoms with Gasteiger partial charge >= 0.3 is 0 Å². The SMILES string of the molecule is O=C(Nc1ncns1)c1cc(F)ccc1C1CC1. The molecule has 1 aliphatic carbocycles. The lowest BCUT2D eigenvalue weighted by Crippen LogP contribution is -2.14. The van der Waals surface area contributed by atoms with Gasteiger partial charge in [0.1, 0.15) is 12.1 Å². The fourth-order valence-electron chi connectivity index (χ4n) is 1.87. The van der Waals surface area contributed by atoms with Crippen molar-refractivity contribution in [3.8, 4) is 0 Å². The van der Waals surface area contributed by atoms with Crippen molar-refractivity contribution in [2.45, 2.75) is 18.8 Å². The minimum atomic E-state index is -0.401. The highest BCUT2D eigenvalue weighted by Gasteiger charge is 2.28. The number of carbonyl (C=O) groups excluding carboxylic acids is 1. The topological polar surface area (TPSA) is 54.9 Å². The number of anilines is 1. The molecule has 1 aliphatic rings. The van der Waals surface area contributed by atoms with Gasteiger partial charge in [-0.2, -0.15) is 4.37 Å². The van der Waals surface area contributed by atoms with E-state index in [1.54, 1.807) is 6.07 Å². The van der Waals surface area contributed by atoms with Crippen molar-refractivity contribution < 1.29 is 9.18 Å². The maximum atomic E-state index is 13.3. The average molecular weight is 263 g/mol. The maximum absolute atomic E-state index is 13.3. The van der Waals surface area contributed by atoms with Crippen LogP contribution in [-0.2, 0) is 0 Å². The molecule has 1 aromatic carbocycles. The predicted molar refractivity (Wildman–Crippen MR) is 66.2 cm³/mol. The van der Waals surface area contributed by atoms with Crippen LogP contribution in [0.3, 0.4) is 0 Å². The smallest absolute Gasteiger partial charge is 0.257 e. The Morgan fingerprint density at radius 3 is 2.94 bits per heavy atom. The van der Waals surface area contributed by atoms with E-state index in [0.717, 1.165) is 29.9 Å². The summed E-state index contributed by atoms with van der Waals surface area (Å²) in [6.07, 6.45) is 3.49. The average Bonchev–Trinajstić information content (AvgIpc) is 3.08. The van der Waals surface area contributed by atoms with Gasteiger partial charge in [-0.15, -0.1) is 0 Å². The van der Waals surface area contributed by atoms with Crippen LogP contribution in [0.1, 0.15) is 34.7 Å². The molecule has 0 radical (unpaired) electrons. The maximum Gasteiger partial charge on any atom is 0.257 e. The predicted octanol–water partition coefficient (Wildman–Crippen LogP) is 2.81. The lowest BCUT2D eigenvalue weighted by molar-refractivity contribution is 0.102. The zero-order valence-corrected chi connectivity index (χ0v) is 10.2. The summed E-state index contributed by atoms with van der Waals surface area (Å²) in [5, 5.41) is 3.05. The van der Waals surface area contributed by atoms with Gasteiger partial charge in [0.2, 0.25) is 5.13 Å². The second-order valence-corrected chi connectivity index (χ2v) is 4.99. The Labute approximate surface area is 107 Å². The number of amides is 1. The van der Waals surface area contributed by atoms with Crippen molar-refractivity contribution in [2.24, 2.45) is 0 Å². The van der Waals surface area contributed by atoms with Crippen molar-refractivity contribution in [2.75, 3.05) is 5.32 Å². The van der Waals surface area contributed by atoms with E-state index >= 15 is 0 Å². The molecule has 1 amide bonds. The fraction of sp³-hybridized carbons (Fsp3) is 0.250. The molecule has 1 heterocycles. The summed E-state index contributed by atoms with van der Waals surface area (Å²) in [7, 11) is 0. The number of hydrogen-bond acceptors (Lipinski definition) is 4. The highest BCUT2D eigenvalue weighted by Crippen LogP contribution is 2.41. The summed E-state index contributed by atoms with van der Waals surface area (Å²) < 4.78 is 17.1. The molecule has 0 atom stereocenters. The van der Waals surface area contributed by atoms with Crippen LogP contribution in [0.2, 0.25) is 0 Å². The molecular weight excluding hydrogens is 253 g/mol. The second-order valence-electron chi connectivity index (χ2n) is 4.21. The molecule has 0 bridgehead atoms. The summed E-state index contributed by atoms with van der Waals surface area (Å²) in [4.78, 5) is 16.0. The number of carbonyl (C=O) groups is 1. The fourth-order valence-corrected chi connectivity index (χ4v) is 2.29. The molecule has 18 heavy (non-hydrogen) atoms. The van der Waals surface area contributed by atoms with E-state index in [1.165, 1.54) is 18.5 Å². The molecule has 0 saturated heterocycles. The molecule has 0 spiro atoms. The lowest BCUT2D eigenvalue weighted by Gasteiger charge is -2.07. The van der Waals surface area contributed by atoms with E-state index in [0.29, 0.717) is 16.6 Å². The molecule has 6 heteroatoms. The van der Waals surface area contributed by atoms with Crippen LogP contribution in [0.15, 0.2) is 24.5 Å². The van der Waals surface area contributed by atoms with Crippen molar-refractivity contribution in [3.63, 3.8) is 0 Å². The molecule has 3 rings (SSSR count). The molecule has 1 saturated carbocycles. The first-order chi connectivity index (χ1) is 8.74. The third kappa shape index (κ3) is 2.24. The molecule has 92 valence electrons. The summed E-state index contributed by atoms with van der Waals surface area (Å²) in [5.74, 6) is -0.337. The Balaban J connectivity index is 1.90. The van der Waals surface area contributed by atoms with E-state index in [9.17, 15) is 9.18 Å². The normalized spacial score (nSPS) is 14.5. The molecule has 1 aromatic heterocycles. The van der Waals surface area contributed by atoms with Crippen molar-refractivity contribution in [1.82, 2.24) is 9.36 Å². The number of halogens is 1. The van der Waals surface area contributed by atoms with Crippen LogP contribution in [0.25, 0.3) is 0 Å². The van der Waals surface area contributed by atoms with E-state index in [1.807, 2.05) is 0 Å². The third-order valence-electron chi connectivity index (χ3n) is 2.86. The van der Waals surface area contributed by atoms with Gasteiger partial charge < -0.3 is 0 Å². The Bertz CT molecular complexity index is 581. The van der Waals surface area contributed by atoms with E-state index in [2.05, 4.69) is 14.7 Å². The largest absolute Gasteiger partial charge is 0.297 e. The van der Waals surface area contributed by atoms with Crippen LogP contribution in [-0.4, -0.2) is 15.3 Å². The quantitative estimate of drug-likeness (QED) is 0.926.